The van der Waals surface area contributed by atoms with Crippen molar-refractivity contribution < 1.29 is 29.0 Å². The minimum Gasteiger partial charge on any atom is -0.493 e. The van der Waals surface area contributed by atoms with Crippen LogP contribution in [0, 0.1) is 13.8 Å². The zero-order valence-electron chi connectivity index (χ0n) is 18.0. The molecule has 0 aromatic heterocycles. The molecule has 9 heteroatoms. The summed E-state index contributed by atoms with van der Waals surface area (Å²) in [5.74, 6) is -1.79. The highest BCUT2D eigenvalue weighted by Gasteiger charge is 2.35. The van der Waals surface area contributed by atoms with Crippen LogP contribution in [0.15, 0.2) is 42.0 Å². The van der Waals surface area contributed by atoms with Crippen molar-refractivity contribution in [3.8, 4) is 11.5 Å². The van der Waals surface area contributed by atoms with Gasteiger partial charge < -0.3 is 14.6 Å². The fourth-order valence-corrected chi connectivity index (χ4v) is 3.41. The van der Waals surface area contributed by atoms with Crippen molar-refractivity contribution in [2.45, 2.75) is 26.9 Å². The van der Waals surface area contributed by atoms with Gasteiger partial charge in [0.2, 0.25) is 0 Å². The average Bonchev–Trinajstić information content (AvgIpc) is 2.74. The third kappa shape index (κ3) is 4.47. The van der Waals surface area contributed by atoms with Gasteiger partial charge in [-0.3, -0.25) is 19.8 Å². The number of hydrogen-bond donors (Lipinski definition) is 2. The van der Waals surface area contributed by atoms with Crippen molar-refractivity contribution >= 4 is 46.9 Å². The van der Waals surface area contributed by atoms with Gasteiger partial charge in [-0.2, -0.15) is 0 Å². The van der Waals surface area contributed by atoms with E-state index in [1.165, 1.54) is 31.1 Å². The molecular weight excluding hydrogens is 432 g/mol. The molecule has 1 heterocycles. The minimum atomic E-state index is -1.12. The molecule has 0 spiro atoms. The molecule has 8 nitrogen and oxygen atoms in total. The first-order valence-corrected chi connectivity index (χ1v) is 10.1. The molecule has 1 atom stereocenters. The molecule has 0 bridgehead atoms. The number of hydrogen-bond acceptors (Lipinski definition) is 6. The smallest absolute Gasteiger partial charge is 0.344 e. The zero-order valence-corrected chi connectivity index (χ0v) is 18.8. The van der Waals surface area contributed by atoms with Crippen molar-refractivity contribution in [3.63, 3.8) is 0 Å². The summed E-state index contributed by atoms with van der Waals surface area (Å²) in [6, 6.07) is 10.2. The SMILES string of the molecule is COc1cc(/C=C2\C(=O)NC(=S)N(c3cccc(C)c3C)C2=O)ccc1OC(C)C(=O)O. The van der Waals surface area contributed by atoms with Gasteiger partial charge in [-0.05, 0) is 74.0 Å². The molecule has 1 aliphatic heterocycles. The number of carbonyl (C=O) groups excluding carboxylic acids is 2. The maximum atomic E-state index is 13.2. The van der Waals surface area contributed by atoms with Crippen molar-refractivity contribution in [2.75, 3.05) is 12.0 Å². The summed E-state index contributed by atoms with van der Waals surface area (Å²) < 4.78 is 10.7. The molecule has 2 amide bonds. The number of carboxylic acid groups (broad SMARTS) is 1. The first-order chi connectivity index (χ1) is 15.1. The Kier molecular flexibility index (Phi) is 6.59. The van der Waals surface area contributed by atoms with Gasteiger partial charge in [0.15, 0.2) is 22.7 Å². The van der Waals surface area contributed by atoms with Crippen molar-refractivity contribution in [1.82, 2.24) is 5.32 Å². The molecule has 0 aliphatic carbocycles. The van der Waals surface area contributed by atoms with Crippen molar-refractivity contribution in [1.29, 1.82) is 0 Å². The number of amides is 2. The number of nitrogens with zero attached hydrogens (tertiary/aromatic N) is 1. The lowest BCUT2D eigenvalue weighted by Crippen LogP contribution is -2.54. The highest BCUT2D eigenvalue weighted by molar-refractivity contribution is 7.80. The van der Waals surface area contributed by atoms with Gasteiger partial charge in [0.25, 0.3) is 11.8 Å². The third-order valence-corrected chi connectivity index (χ3v) is 5.35. The first kappa shape index (κ1) is 23.0. The Balaban J connectivity index is 1.99. The van der Waals surface area contributed by atoms with E-state index >= 15 is 0 Å². The molecule has 0 radical (unpaired) electrons. The molecule has 2 aromatic rings. The van der Waals surface area contributed by atoms with E-state index in [-0.39, 0.29) is 22.2 Å². The van der Waals surface area contributed by atoms with Crippen LogP contribution in [0.25, 0.3) is 6.08 Å². The van der Waals surface area contributed by atoms with Crippen molar-refractivity contribution in [3.05, 3.63) is 58.7 Å². The first-order valence-electron chi connectivity index (χ1n) is 9.69. The highest BCUT2D eigenvalue weighted by atomic mass is 32.1. The maximum absolute atomic E-state index is 13.2. The molecule has 1 fully saturated rings. The molecule has 32 heavy (non-hydrogen) atoms. The number of anilines is 1. The number of methoxy groups -OCH3 is 1. The number of carbonyl (C=O) groups is 3. The molecule has 2 aromatic carbocycles. The van der Waals surface area contributed by atoms with Crippen LogP contribution >= 0.6 is 12.2 Å². The number of benzene rings is 2. The minimum absolute atomic E-state index is 0.00911. The third-order valence-electron chi connectivity index (χ3n) is 5.07. The average molecular weight is 455 g/mol. The van der Waals surface area contributed by atoms with E-state index in [4.69, 9.17) is 26.8 Å². The number of carboxylic acids is 1. The van der Waals surface area contributed by atoms with E-state index in [2.05, 4.69) is 5.32 Å². The maximum Gasteiger partial charge on any atom is 0.344 e. The van der Waals surface area contributed by atoms with Crippen LogP contribution in [-0.2, 0) is 14.4 Å². The second-order valence-corrected chi connectivity index (χ2v) is 7.57. The van der Waals surface area contributed by atoms with E-state index in [0.717, 1.165) is 11.1 Å². The monoisotopic (exact) mass is 454 g/mol. The number of ether oxygens (including phenoxy) is 2. The quantitative estimate of drug-likeness (QED) is 0.393. The van der Waals surface area contributed by atoms with E-state index in [1.807, 2.05) is 26.0 Å². The summed E-state index contributed by atoms with van der Waals surface area (Å²) in [6.07, 6.45) is 0.343. The predicted octanol–water partition coefficient (Wildman–Crippen LogP) is 3.00. The molecule has 0 saturated carbocycles. The van der Waals surface area contributed by atoms with Crippen LogP contribution < -0.4 is 19.7 Å². The lowest BCUT2D eigenvalue weighted by Gasteiger charge is -2.30. The van der Waals surface area contributed by atoms with Crippen LogP contribution in [0.3, 0.4) is 0 Å². The summed E-state index contributed by atoms with van der Waals surface area (Å²) in [6.45, 7) is 5.20. The lowest BCUT2D eigenvalue weighted by molar-refractivity contribution is -0.144. The zero-order chi connectivity index (χ0) is 23.6. The highest BCUT2D eigenvalue weighted by Crippen LogP contribution is 2.31. The Hall–Kier alpha value is -3.72. The largest absolute Gasteiger partial charge is 0.493 e. The predicted molar refractivity (Wildman–Crippen MR) is 123 cm³/mol. The molecule has 3 rings (SSSR count). The Morgan fingerprint density at radius 1 is 1.19 bits per heavy atom. The van der Waals surface area contributed by atoms with Gasteiger partial charge in [-0.25, -0.2) is 4.79 Å². The van der Waals surface area contributed by atoms with E-state index in [9.17, 15) is 14.4 Å². The van der Waals surface area contributed by atoms with Gasteiger partial charge >= 0.3 is 5.97 Å². The number of aryl methyl sites for hydroxylation is 1. The molecule has 166 valence electrons. The molecule has 1 unspecified atom stereocenters. The number of thiocarbonyl (C=S) groups is 1. The Labute approximate surface area is 190 Å². The van der Waals surface area contributed by atoms with Crippen LogP contribution in [0.5, 0.6) is 11.5 Å². The molecule has 2 N–H and O–H groups in total. The second-order valence-electron chi connectivity index (χ2n) is 7.19. The second kappa shape index (κ2) is 9.19. The topological polar surface area (TPSA) is 105 Å². The van der Waals surface area contributed by atoms with E-state index in [1.54, 1.807) is 18.2 Å². The summed E-state index contributed by atoms with van der Waals surface area (Å²) in [5, 5.41) is 11.6. The Morgan fingerprint density at radius 2 is 1.91 bits per heavy atom. The normalized spacial score (nSPS) is 16.1. The number of nitrogens with one attached hydrogen (secondary N) is 1. The van der Waals surface area contributed by atoms with Crippen LogP contribution in [0.4, 0.5) is 5.69 Å². The standard InChI is InChI=1S/C23H22N2O6S/c1-12-6-5-7-17(13(12)2)25-21(27)16(20(26)24-23(25)32)10-15-8-9-18(19(11-15)30-4)31-14(3)22(28)29/h5-11,14H,1-4H3,(H,28,29)(H,24,26,32)/b16-10+. The summed E-state index contributed by atoms with van der Waals surface area (Å²) in [5.41, 5.74) is 2.83. The fourth-order valence-electron chi connectivity index (χ4n) is 3.13. The summed E-state index contributed by atoms with van der Waals surface area (Å²) in [7, 11) is 1.41. The lowest BCUT2D eigenvalue weighted by atomic mass is 10.0. The van der Waals surface area contributed by atoms with Gasteiger partial charge in [0.05, 0.1) is 12.8 Å². The summed E-state index contributed by atoms with van der Waals surface area (Å²) in [4.78, 5) is 38.2. The van der Waals surface area contributed by atoms with Crippen LogP contribution in [0.2, 0.25) is 0 Å². The summed E-state index contributed by atoms with van der Waals surface area (Å²) >= 11 is 5.26. The molecular formula is C23H22N2O6S. The molecule has 1 saturated heterocycles. The van der Waals surface area contributed by atoms with Crippen LogP contribution in [-0.4, -0.2) is 41.2 Å². The number of aliphatic carboxylic acids is 1. The Bertz CT molecular complexity index is 1160. The Morgan fingerprint density at radius 3 is 2.56 bits per heavy atom. The van der Waals surface area contributed by atoms with Crippen molar-refractivity contribution in [2.24, 2.45) is 0 Å². The van der Waals surface area contributed by atoms with E-state index in [0.29, 0.717) is 11.3 Å². The fraction of sp³-hybridized carbons (Fsp3) is 0.217. The van der Waals surface area contributed by atoms with Gasteiger partial charge in [-0.1, -0.05) is 18.2 Å². The van der Waals surface area contributed by atoms with E-state index < -0.39 is 23.9 Å². The van der Waals surface area contributed by atoms with Gasteiger partial charge in [0, 0.05) is 0 Å². The van der Waals surface area contributed by atoms with Crippen LogP contribution in [0.1, 0.15) is 23.6 Å². The van der Waals surface area contributed by atoms with Gasteiger partial charge in [-0.15, -0.1) is 0 Å². The molecule has 1 aliphatic rings. The number of rotatable bonds is 6. The van der Waals surface area contributed by atoms with Gasteiger partial charge in [0.1, 0.15) is 5.57 Å².